The molecule has 0 aliphatic carbocycles. The highest BCUT2D eigenvalue weighted by Crippen LogP contribution is 2.35. The van der Waals surface area contributed by atoms with E-state index in [1.165, 1.54) is 12.0 Å². The number of fused-ring (bicyclic) bond motifs is 2. The molecule has 3 aromatic rings. The summed E-state index contributed by atoms with van der Waals surface area (Å²) >= 11 is 0. The molecule has 1 fully saturated rings. The van der Waals surface area contributed by atoms with Crippen LogP contribution in [0.4, 0.5) is 10.5 Å². The van der Waals surface area contributed by atoms with Gasteiger partial charge in [-0.15, -0.1) is 0 Å². The standard InChI is InChI=1S/C24H24N4O7/c1-32-22-5-3-17-23(27-22)16(6-7-25-17)18(29)11-21(30)26-12-15-13-28(24(31)35-15)14-2-4-19-20(10-14)34-9-8-33-19/h2-7,10,15,18,29H,8-9,11-13H2,1H3,(H,26,30)/t15-,18?/m1/s1. The van der Waals surface area contributed by atoms with E-state index in [1.54, 1.807) is 42.6 Å². The van der Waals surface area contributed by atoms with Gasteiger partial charge in [-0.05, 0) is 24.3 Å². The number of cyclic esters (lactones) is 1. The minimum Gasteiger partial charge on any atom is -0.486 e. The molecule has 2 N–H and O–H groups in total. The lowest BCUT2D eigenvalue weighted by atomic mass is 10.1. The van der Waals surface area contributed by atoms with Crippen LogP contribution in [0.5, 0.6) is 17.4 Å². The number of rotatable bonds is 7. The third-order valence-electron chi connectivity index (χ3n) is 5.77. The zero-order chi connectivity index (χ0) is 24.4. The summed E-state index contributed by atoms with van der Waals surface area (Å²) in [7, 11) is 1.50. The maximum absolute atomic E-state index is 12.5. The van der Waals surface area contributed by atoms with E-state index in [1.807, 2.05) is 0 Å². The number of hydrogen-bond acceptors (Lipinski definition) is 9. The van der Waals surface area contributed by atoms with Gasteiger partial charge < -0.3 is 29.4 Å². The van der Waals surface area contributed by atoms with Crippen molar-refractivity contribution in [2.45, 2.75) is 18.6 Å². The lowest BCUT2D eigenvalue weighted by Crippen LogP contribution is -2.35. The summed E-state index contributed by atoms with van der Waals surface area (Å²) in [6.45, 7) is 1.30. The lowest BCUT2D eigenvalue weighted by molar-refractivity contribution is -0.123. The molecule has 0 saturated carbocycles. The Kier molecular flexibility index (Phi) is 6.23. The fourth-order valence-corrected chi connectivity index (χ4v) is 4.03. The second-order valence-corrected chi connectivity index (χ2v) is 8.09. The van der Waals surface area contributed by atoms with Crippen molar-refractivity contribution in [3.63, 3.8) is 0 Å². The summed E-state index contributed by atoms with van der Waals surface area (Å²) in [4.78, 5) is 35.0. The van der Waals surface area contributed by atoms with Gasteiger partial charge in [0.2, 0.25) is 11.8 Å². The minimum absolute atomic E-state index is 0.113. The van der Waals surface area contributed by atoms with E-state index >= 15 is 0 Å². The van der Waals surface area contributed by atoms with Gasteiger partial charge >= 0.3 is 6.09 Å². The molecular weight excluding hydrogens is 456 g/mol. The average Bonchev–Trinajstić information content (AvgIpc) is 3.26. The zero-order valence-electron chi connectivity index (χ0n) is 19.0. The molecule has 1 unspecified atom stereocenters. The number of aromatic nitrogens is 2. The van der Waals surface area contributed by atoms with Crippen LogP contribution in [0.1, 0.15) is 18.1 Å². The Hall–Kier alpha value is -4.12. The number of benzene rings is 1. The Labute approximate surface area is 200 Å². The molecule has 2 aliphatic rings. The van der Waals surface area contributed by atoms with Crippen molar-refractivity contribution in [3.8, 4) is 17.4 Å². The Balaban J connectivity index is 1.18. The molecule has 0 spiro atoms. The number of carbonyl (C=O) groups excluding carboxylic acids is 2. The van der Waals surface area contributed by atoms with Crippen LogP contribution in [0.25, 0.3) is 11.0 Å². The molecule has 11 heteroatoms. The second-order valence-electron chi connectivity index (χ2n) is 8.09. The normalized spacial score (nSPS) is 17.7. The van der Waals surface area contributed by atoms with Crippen LogP contribution in [0.2, 0.25) is 0 Å². The summed E-state index contributed by atoms with van der Waals surface area (Å²) in [6.07, 6.45) is -0.781. The van der Waals surface area contributed by atoms with E-state index in [-0.39, 0.29) is 25.4 Å². The predicted molar refractivity (Wildman–Crippen MR) is 124 cm³/mol. The molecule has 11 nitrogen and oxygen atoms in total. The number of carbonyl (C=O) groups is 2. The molecule has 4 heterocycles. The number of aliphatic hydroxyl groups is 1. The maximum atomic E-state index is 12.5. The van der Waals surface area contributed by atoms with Gasteiger partial charge in [0, 0.05) is 23.9 Å². The van der Waals surface area contributed by atoms with Crippen molar-refractivity contribution in [3.05, 3.63) is 48.2 Å². The van der Waals surface area contributed by atoms with E-state index in [9.17, 15) is 14.7 Å². The van der Waals surface area contributed by atoms with Crippen LogP contribution in [-0.2, 0) is 9.53 Å². The van der Waals surface area contributed by atoms with Crippen molar-refractivity contribution in [2.24, 2.45) is 0 Å². The van der Waals surface area contributed by atoms with Gasteiger partial charge in [0.1, 0.15) is 19.3 Å². The van der Waals surface area contributed by atoms with Gasteiger partial charge in [-0.1, -0.05) is 0 Å². The van der Waals surface area contributed by atoms with Crippen LogP contribution in [0.3, 0.4) is 0 Å². The molecule has 2 aliphatic heterocycles. The van der Waals surface area contributed by atoms with Gasteiger partial charge in [0.25, 0.3) is 0 Å². The van der Waals surface area contributed by atoms with Crippen LogP contribution in [0, 0.1) is 0 Å². The van der Waals surface area contributed by atoms with E-state index in [2.05, 4.69) is 15.3 Å². The molecule has 2 amide bonds. The molecule has 1 saturated heterocycles. The van der Waals surface area contributed by atoms with Gasteiger partial charge in [-0.3, -0.25) is 14.7 Å². The number of methoxy groups -OCH3 is 1. The topological polar surface area (TPSA) is 132 Å². The van der Waals surface area contributed by atoms with Crippen LogP contribution >= 0.6 is 0 Å². The van der Waals surface area contributed by atoms with Gasteiger partial charge in [0.15, 0.2) is 11.5 Å². The van der Waals surface area contributed by atoms with Crippen molar-refractivity contribution >= 4 is 28.7 Å². The number of ether oxygens (including phenoxy) is 4. The summed E-state index contributed by atoms with van der Waals surface area (Å²) in [5.41, 5.74) is 2.14. The first kappa shape index (κ1) is 22.7. The summed E-state index contributed by atoms with van der Waals surface area (Å²) in [5, 5.41) is 13.4. The van der Waals surface area contributed by atoms with E-state index in [4.69, 9.17) is 18.9 Å². The molecule has 2 atom stereocenters. The summed E-state index contributed by atoms with van der Waals surface area (Å²) in [5.74, 6) is 1.20. The smallest absolute Gasteiger partial charge is 0.414 e. The van der Waals surface area contributed by atoms with Crippen molar-refractivity contribution in [1.82, 2.24) is 15.3 Å². The van der Waals surface area contributed by atoms with E-state index in [0.717, 1.165) is 0 Å². The molecule has 182 valence electrons. The number of nitrogens with one attached hydrogen (secondary N) is 1. The Morgan fingerprint density at radius 2 is 2.06 bits per heavy atom. The highest BCUT2D eigenvalue weighted by atomic mass is 16.6. The number of pyridine rings is 2. The Bertz CT molecular complexity index is 1270. The van der Waals surface area contributed by atoms with E-state index < -0.39 is 18.3 Å². The van der Waals surface area contributed by atoms with Gasteiger partial charge in [-0.2, -0.15) is 0 Å². The minimum atomic E-state index is -1.10. The Morgan fingerprint density at radius 3 is 2.89 bits per heavy atom. The number of hydrogen-bond donors (Lipinski definition) is 2. The molecular formula is C24H24N4O7. The Morgan fingerprint density at radius 1 is 1.23 bits per heavy atom. The van der Waals surface area contributed by atoms with Crippen molar-refractivity contribution in [1.29, 1.82) is 0 Å². The number of anilines is 1. The number of nitrogens with zero attached hydrogens (tertiary/aromatic N) is 3. The van der Waals surface area contributed by atoms with E-state index in [0.29, 0.717) is 52.9 Å². The van der Waals surface area contributed by atoms with Crippen LogP contribution in [-0.4, -0.2) is 66.6 Å². The van der Waals surface area contributed by atoms with Crippen LogP contribution < -0.4 is 24.4 Å². The first-order valence-corrected chi connectivity index (χ1v) is 11.1. The molecule has 0 radical (unpaired) electrons. The number of amides is 2. The molecule has 2 aromatic heterocycles. The SMILES string of the molecule is COc1ccc2nccc(C(O)CC(=O)NC[C@@H]3CN(c4ccc5c(c4)OCCO5)C(=O)O3)c2n1. The third kappa shape index (κ3) is 4.76. The summed E-state index contributed by atoms with van der Waals surface area (Å²) in [6, 6.07) is 10.3. The largest absolute Gasteiger partial charge is 0.486 e. The predicted octanol–water partition coefficient (Wildman–Crippen LogP) is 1.97. The quantitative estimate of drug-likeness (QED) is 0.521. The highest BCUT2D eigenvalue weighted by Gasteiger charge is 2.33. The first-order valence-electron chi connectivity index (χ1n) is 11.1. The first-order chi connectivity index (χ1) is 17.0. The molecule has 0 bridgehead atoms. The molecule has 35 heavy (non-hydrogen) atoms. The number of aliphatic hydroxyl groups excluding tert-OH is 1. The lowest BCUT2D eigenvalue weighted by Gasteiger charge is -2.21. The van der Waals surface area contributed by atoms with Crippen molar-refractivity contribution < 1.29 is 33.6 Å². The monoisotopic (exact) mass is 480 g/mol. The average molecular weight is 480 g/mol. The van der Waals surface area contributed by atoms with Gasteiger partial charge in [0.05, 0.1) is 49.4 Å². The van der Waals surface area contributed by atoms with Gasteiger partial charge in [-0.25, -0.2) is 9.78 Å². The van der Waals surface area contributed by atoms with Crippen molar-refractivity contribution in [2.75, 3.05) is 38.3 Å². The third-order valence-corrected chi connectivity index (χ3v) is 5.77. The molecule has 5 rings (SSSR count). The summed E-state index contributed by atoms with van der Waals surface area (Å²) < 4.78 is 21.6. The second kappa shape index (κ2) is 9.63. The maximum Gasteiger partial charge on any atom is 0.414 e. The van der Waals surface area contributed by atoms with Crippen LogP contribution in [0.15, 0.2) is 42.6 Å². The fourth-order valence-electron chi connectivity index (χ4n) is 4.03. The zero-order valence-corrected chi connectivity index (χ0v) is 19.0. The fraction of sp³-hybridized carbons (Fsp3) is 0.333. The highest BCUT2D eigenvalue weighted by molar-refractivity contribution is 5.90. The molecule has 1 aromatic carbocycles.